The van der Waals surface area contributed by atoms with Crippen LogP contribution >= 0.6 is 0 Å². The molecule has 3 N–H and O–H groups in total. The fourth-order valence-electron chi connectivity index (χ4n) is 2.14. The van der Waals surface area contributed by atoms with Crippen molar-refractivity contribution in [1.82, 2.24) is 0 Å². The van der Waals surface area contributed by atoms with Crippen molar-refractivity contribution in [3.05, 3.63) is 75.4 Å². The van der Waals surface area contributed by atoms with Crippen molar-refractivity contribution >= 4 is 22.1 Å². The average Bonchev–Trinajstić information content (AvgIpc) is 2.52. The maximum Gasteiger partial charge on any atom is 0.417 e. The molecule has 0 bridgehead atoms. The van der Waals surface area contributed by atoms with Crippen LogP contribution in [-0.4, -0.2) is 18.9 Å². The van der Waals surface area contributed by atoms with E-state index in [4.69, 9.17) is 10.3 Å². The van der Waals surface area contributed by atoms with Crippen molar-refractivity contribution in [2.45, 2.75) is 20.0 Å². The molecule has 0 saturated carbocycles. The molecule has 0 aliphatic carbocycles. The SMILES string of the molecule is Cc1ccc(C=CS(=O)(=O)O)c(C)c1.NC(=O)c1ccc(F)cc1C(F)(F)F. The molecule has 28 heavy (non-hydrogen) atoms. The number of halogens is 4. The van der Waals surface area contributed by atoms with Crippen LogP contribution in [0.1, 0.15) is 32.6 Å². The summed E-state index contributed by atoms with van der Waals surface area (Å²) in [5.74, 6) is -2.31. The van der Waals surface area contributed by atoms with Crippen molar-refractivity contribution in [3.63, 3.8) is 0 Å². The molecule has 10 heteroatoms. The summed E-state index contributed by atoms with van der Waals surface area (Å²) in [5.41, 5.74) is 5.49. The first-order valence-electron chi connectivity index (χ1n) is 7.60. The van der Waals surface area contributed by atoms with Crippen LogP contribution < -0.4 is 5.73 Å². The molecule has 2 aromatic carbocycles. The summed E-state index contributed by atoms with van der Waals surface area (Å²) in [7, 11) is -4.03. The molecule has 2 rings (SSSR count). The first-order valence-corrected chi connectivity index (χ1v) is 9.10. The van der Waals surface area contributed by atoms with Crippen LogP contribution in [0.4, 0.5) is 17.6 Å². The van der Waals surface area contributed by atoms with Crippen LogP contribution in [0.25, 0.3) is 6.08 Å². The molecule has 5 nitrogen and oxygen atoms in total. The van der Waals surface area contributed by atoms with Crippen LogP contribution in [0.15, 0.2) is 41.8 Å². The first kappa shape index (κ1) is 23.3. The van der Waals surface area contributed by atoms with E-state index in [9.17, 15) is 30.8 Å². The van der Waals surface area contributed by atoms with Gasteiger partial charge in [0.2, 0.25) is 5.91 Å². The van der Waals surface area contributed by atoms with Crippen molar-refractivity contribution in [1.29, 1.82) is 0 Å². The third-order valence-electron chi connectivity index (χ3n) is 3.40. The summed E-state index contributed by atoms with van der Waals surface area (Å²) in [6.45, 7) is 3.85. The fourth-order valence-corrected chi connectivity index (χ4v) is 2.46. The fraction of sp³-hybridized carbons (Fsp3) is 0.167. The summed E-state index contributed by atoms with van der Waals surface area (Å²) in [4.78, 5) is 10.6. The molecular weight excluding hydrogens is 402 g/mol. The quantitative estimate of drug-likeness (QED) is 0.578. The molecule has 2 aromatic rings. The Bertz CT molecular complexity index is 999. The van der Waals surface area contributed by atoms with E-state index in [1.807, 2.05) is 32.0 Å². The van der Waals surface area contributed by atoms with Gasteiger partial charge in [-0.2, -0.15) is 21.6 Å². The smallest absolute Gasteiger partial charge is 0.366 e. The Balaban J connectivity index is 0.000000280. The number of benzene rings is 2. The van der Waals surface area contributed by atoms with Gasteiger partial charge < -0.3 is 5.73 Å². The molecule has 0 unspecified atom stereocenters. The molecule has 0 aliphatic heterocycles. The predicted molar refractivity (Wildman–Crippen MR) is 96.4 cm³/mol. The van der Waals surface area contributed by atoms with Crippen molar-refractivity contribution in [3.8, 4) is 0 Å². The largest absolute Gasteiger partial charge is 0.417 e. The molecule has 0 aliphatic rings. The number of hydrogen-bond donors (Lipinski definition) is 2. The maximum absolute atomic E-state index is 12.5. The second kappa shape index (κ2) is 8.98. The zero-order chi connectivity index (χ0) is 21.7. The van der Waals surface area contributed by atoms with E-state index >= 15 is 0 Å². The number of nitrogens with two attached hydrogens (primary N) is 1. The monoisotopic (exact) mass is 419 g/mol. The molecule has 152 valence electrons. The molecule has 0 atom stereocenters. The maximum atomic E-state index is 12.5. The van der Waals surface area contributed by atoms with E-state index in [0.717, 1.165) is 28.2 Å². The minimum Gasteiger partial charge on any atom is -0.366 e. The summed E-state index contributed by atoms with van der Waals surface area (Å²) in [6, 6.07) is 7.34. The van der Waals surface area contributed by atoms with Gasteiger partial charge in [0.05, 0.1) is 16.5 Å². The van der Waals surface area contributed by atoms with E-state index < -0.39 is 39.1 Å². The molecule has 0 heterocycles. The van der Waals surface area contributed by atoms with E-state index in [-0.39, 0.29) is 6.07 Å². The molecule has 0 radical (unpaired) electrons. The molecule has 1 amide bonds. The second-order valence-corrected chi connectivity index (χ2v) is 7.03. The van der Waals surface area contributed by atoms with Gasteiger partial charge in [0.15, 0.2) is 0 Å². The zero-order valence-corrected chi connectivity index (χ0v) is 15.6. The topological polar surface area (TPSA) is 97.5 Å². The summed E-state index contributed by atoms with van der Waals surface area (Å²) in [5, 5.41) is 0.782. The van der Waals surface area contributed by atoms with Crippen molar-refractivity contribution < 1.29 is 35.3 Å². The van der Waals surface area contributed by atoms with Gasteiger partial charge in [0.1, 0.15) is 5.82 Å². The van der Waals surface area contributed by atoms with Gasteiger partial charge in [0.25, 0.3) is 10.1 Å². The highest BCUT2D eigenvalue weighted by Gasteiger charge is 2.35. The minimum absolute atomic E-state index is 0.236. The highest BCUT2D eigenvalue weighted by Crippen LogP contribution is 2.32. The third kappa shape index (κ3) is 7.49. The van der Waals surface area contributed by atoms with Crippen LogP contribution in [0.5, 0.6) is 0 Å². The van der Waals surface area contributed by atoms with E-state index in [1.165, 1.54) is 6.08 Å². The Morgan fingerprint density at radius 2 is 1.71 bits per heavy atom. The number of carbonyl (C=O) groups is 1. The minimum atomic E-state index is -4.79. The van der Waals surface area contributed by atoms with Crippen molar-refractivity contribution in [2.24, 2.45) is 5.73 Å². The lowest BCUT2D eigenvalue weighted by Gasteiger charge is -2.09. The number of hydrogen-bond acceptors (Lipinski definition) is 3. The molecular formula is C18H17F4NO4S. The van der Waals surface area contributed by atoms with Gasteiger partial charge >= 0.3 is 6.18 Å². The summed E-state index contributed by atoms with van der Waals surface area (Å²) in [6.07, 6.45) is -3.41. The number of rotatable bonds is 3. The van der Waals surface area contributed by atoms with Crippen LogP contribution in [-0.2, 0) is 16.3 Å². The van der Waals surface area contributed by atoms with Gasteiger partial charge in [-0.1, -0.05) is 23.8 Å². The molecule has 0 saturated heterocycles. The van der Waals surface area contributed by atoms with Crippen LogP contribution in [0, 0.1) is 19.7 Å². The Labute approximate surface area is 159 Å². The Kier molecular flexibility index (Phi) is 7.48. The number of alkyl halides is 3. The summed E-state index contributed by atoms with van der Waals surface area (Å²) < 4.78 is 78.5. The third-order valence-corrected chi connectivity index (χ3v) is 3.88. The number of amides is 1. The van der Waals surface area contributed by atoms with Gasteiger partial charge in [-0.25, -0.2) is 4.39 Å². The zero-order valence-electron chi connectivity index (χ0n) is 14.8. The highest BCUT2D eigenvalue weighted by molar-refractivity contribution is 7.88. The van der Waals surface area contributed by atoms with Gasteiger partial charge in [-0.3, -0.25) is 9.35 Å². The Morgan fingerprint density at radius 1 is 1.11 bits per heavy atom. The van der Waals surface area contributed by atoms with E-state index in [0.29, 0.717) is 6.07 Å². The highest BCUT2D eigenvalue weighted by atomic mass is 32.2. The lowest BCUT2D eigenvalue weighted by Crippen LogP contribution is -2.18. The molecule has 0 aromatic heterocycles. The number of aryl methyl sites for hydroxylation is 2. The lowest BCUT2D eigenvalue weighted by molar-refractivity contribution is -0.138. The van der Waals surface area contributed by atoms with Gasteiger partial charge in [0, 0.05) is 0 Å². The van der Waals surface area contributed by atoms with E-state index in [1.54, 1.807) is 0 Å². The molecule has 0 spiro atoms. The van der Waals surface area contributed by atoms with Gasteiger partial charge in [-0.15, -0.1) is 0 Å². The van der Waals surface area contributed by atoms with Gasteiger partial charge in [-0.05, 0) is 49.2 Å². The number of primary amides is 1. The summed E-state index contributed by atoms with van der Waals surface area (Å²) >= 11 is 0. The standard InChI is InChI=1S/C10H12O3S.C8H5F4NO/c1-8-3-4-10(9(2)7-8)5-6-14(11,12)13;9-4-1-2-5(7(13)14)6(3-4)8(10,11)12/h3-7H,1-2H3,(H,11,12,13);1-3H,(H2,13,14). The second-order valence-electron chi connectivity index (χ2n) is 5.73. The first-order chi connectivity index (χ1) is 12.7. The average molecular weight is 419 g/mol. The van der Waals surface area contributed by atoms with Crippen LogP contribution in [0.2, 0.25) is 0 Å². The number of carbonyl (C=O) groups excluding carboxylic acids is 1. The lowest BCUT2D eigenvalue weighted by atomic mass is 10.1. The normalized spacial score (nSPS) is 11.8. The van der Waals surface area contributed by atoms with E-state index in [2.05, 4.69) is 0 Å². The Morgan fingerprint density at radius 3 is 2.18 bits per heavy atom. The molecule has 0 fully saturated rings. The van der Waals surface area contributed by atoms with Crippen molar-refractivity contribution in [2.75, 3.05) is 0 Å². The van der Waals surface area contributed by atoms with Crippen LogP contribution in [0.3, 0.4) is 0 Å². The Hall–Kier alpha value is -2.72. The predicted octanol–water partition coefficient (Wildman–Crippen LogP) is 4.11.